The molecule has 1 saturated heterocycles. The Morgan fingerprint density at radius 3 is 2.52 bits per heavy atom. The summed E-state index contributed by atoms with van der Waals surface area (Å²) >= 11 is 0. The zero-order valence-electron chi connectivity index (χ0n) is 17.5. The van der Waals surface area contributed by atoms with Crippen molar-refractivity contribution in [2.75, 3.05) is 32.6 Å². The second-order valence-corrected chi connectivity index (χ2v) is 7.34. The molecule has 2 N–H and O–H groups in total. The average molecular weight is 424 g/mol. The number of amides is 5. The zero-order chi connectivity index (χ0) is 22.6. The summed E-state index contributed by atoms with van der Waals surface area (Å²) < 4.78 is 5.11. The van der Waals surface area contributed by atoms with Crippen LogP contribution >= 0.6 is 0 Å². The molecule has 0 unspecified atom stereocenters. The molecular formula is C22H24N4O5. The van der Waals surface area contributed by atoms with Crippen molar-refractivity contribution in [3.8, 4) is 5.75 Å². The molecule has 1 atom stereocenters. The van der Waals surface area contributed by atoms with Gasteiger partial charge in [0.1, 0.15) is 17.8 Å². The highest BCUT2D eigenvalue weighted by molar-refractivity contribution is 6.09. The summed E-state index contributed by atoms with van der Waals surface area (Å²) in [6, 6.07) is 15.0. The summed E-state index contributed by atoms with van der Waals surface area (Å²) in [6.07, 6.45) is 0. The van der Waals surface area contributed by atoms with Gasteiger partial charge in [0.2, 0.25) is 11.8 Å². The first-order chi connectivity index (χ1) is 14.7. The summed E-state index contributed by atoms with van der Waals surface area (Å²) in [5.74, 6) is -0.898. The lowest BCUT2D eigenvalue weighted by molar-refractivity contribution is -0.139. The van der Waals surface area contributed by atoms with Gasteiger partial charge in [-0.15, -0.1) is 0 Å². The topological polar surface area (TPSA) is 108 Å². The van der Waals surface area contributed by atoms with Crippen molar-refractivity contribution >= 4 is 29.4 Å². The lowest BCUT2D eigenvalue weighted by Gasteiger charge is -2.23. The average Bonchev–Trinajstić information content (AvgIpc) is 2.98. The van der Waals surface area contributed by atoms with Gasteiger partial charge in [0.05, 0.1) is 13.7 Å². The molecule has 2 aromatic carbocycles. The van der Waals surface area contributed by atoms with Crippen LogP contribution in [0.25, 0.3) is 0 Å². The van der Waals surface area contributed by atoms with Crippen molar-refractivity contribution in [2.45, 2.75) is 12.5 Å². The van der Waals surface area contributed by atoms with Crippen LogP contribution in [0.3, 0.4) is 0 Å². The monoisotopic (exact) mass is 424 g/mol. The number of nitrogens with zero attached hydrogens (tertiary/aromatic N) is 2. The van der Waals surface area contributed by atoms with Crippen molar-refractivity contribution < 1.29 is 23.9 Å². The smallest absolute Gasteiger partial charge is 0.325 e. The molecule has 0 radical (unpaired) electrons. The molecule has 0 spiro atoms. The van der Waals surface area contributed by atoms with Gasteiger partial charge in [-0.25, -0.2) is 4.79 Å². The standard InChI is InChI=1S/C22H24N4O5/c1-22(15-8-5-4-6-9-15)20(29)26(21(30)24-22)14-19(28)25(2)13-18(27)23-16-10-7-11-17(12-16)31-3/h4-12H,13-14H2,1-3H3,(H,23,27)(H,24,30)/t22-/m0/s1. The molecule has 1 aliphatic rings. The third kappa shape index (κ3) is 4.66. The van der Waals surface area contributed by atoms with Crippen molar-refractivity contribution in [2.24, 2.45) is 0 Å². The van der Waals surface area contributed by atoms with E-state index >= 15 is 0 Å². The highest BCUT2D eigenvalue weighted by Crippen LogP contribution is 2.28. The Morgan fingerprint density at radius 1 is 1.13 bits per heavy atom. The van der Waals surface area contributed by atoms with E-state index in [0.717, 1.165) is 9.80 Å². The van der Waals surface area contributed by atoms with E-state index in [2.05, 4.69) is 10.6 Å². The molecule has 0 aromatic heterocycles. The van der Waals surface area contributed by atoms with Crippen molar-refractivity contribution in [3.05, 3.63) is 60.2 Å². The molecular weight excluding hydrogens is 400 g/mol. The molecule has 1 aliphatic heterocycles. The number of hydrogen-bond donors (Lipinski definition) is 2. The fourth-order valence-corrected chi connectivity index (χ4v) is 3.27. The summed E-state index contributed by atoms with van der Waals surface area (Å²) in [5.41, 5.74) is -0.103. The molecule has 31 heavy (non-hydrogen) atoms. The summed E-state index contributed by atoms with van der Waals surface area (Å²) in [5, 5.41) is 5.33. The Balaban J connectivity index is 1.60. The molecule has 0 saturated carbocycles. The minimum absolute atomic E-state index is 0.240. The van der Waals surface area contributed by atoms with Crippen molar-refractivity contribution in [3.63, 3.8) is 0 Å². The molecule has 9 heteroatoms. The molecule has 162 valence electrons. The second kappa shape index (κ2) is 8.86. The Hall–Kier alpha value is -3.88. The number of hydrogen-bond acceptors (Lipinski definition) is 5. The first-order valence-electron chi connectivity index (χ1n) is 9.62. The number of anilines is 1. The number of carbonyl (C=O) groups is 4. The van der Waals surface area contributed by atoms with E-state index in [4.69, 9.17) is 4.74 Å². The summed E-state index contributed by atoms with van der Waals surface area (Å²) in [4.78, 5) is 52.2. The number of imide groups is 1. The molecule has 5 amide bonds. The highest BCUT2D eigenvalue weighted by Gasteiger charge is 2.49. The predicted molar refractivity (Wildman–Crippen MR) is 113 cm³/mol. The number of benzene rings is 2. The Morgan fingerprint density at radius 2 is 1.84 bits per heavy atom. The maximum Gasteiger partial charge on any atom is 0.325 e. The van der Waals surface area contributed by atoms with Crippen LogP contribution < -0.4 is 15.4 Å². The van der Waals surface area contributed by atoms with Crippen LogP contribution in [0, 0.1) is 0 Å². The first-order valence-corrected chi connectivity index (χ1v) is 9.62. The Bertz CT molecular complexity index is 1010. The maximum atomic E-state index is 12.9. The number of methoxy groups -OCH3 is 1. The van der Waals surface area contributed by atoms with Crippen LogP contribution in [0.5, 0.6) is 5.75 Å². The highest BCUT2D eigenvalue weighted by atomic mass is 16.5. The lowest BCUT2D eigenvalue weighted by atomic mass is 9.92. The van der Waals surface area contributed by atoms with Crippen LogP contribution in [0.4, 0.5) is 10.5 Å². The van der Waals surface area contributed by atoms with E-state index < -0.39 is 35.8 Å². The van der Waals surface area contributed by atoms with Crippen LogP contribution in [0.2, 0.25) is 0 Å². The number of nitrogens with one attached hydrogen (secondary N) is 2. The third-order valence-corrected chi connectivity index (χ3v) is 5.08. The largest absolute Gasteiger partial charge is 0.497 e. The molecule has 3 rings (SSSR count). The van der Waals surface area contributed by atoms with Gasteiger partial charge in [0, 0.05) is 18.8 Å². The first kappa shape index (κ1) is 21.8. The van der Waals surface area contributed by atoms with E-state index in [-0.39, 0.29) is 6.54 Å². The van der Waals surface area contributed by atoms with Gasteiger partial charge in [-0.3, -0.25) is 19.3 Å². The fraction of sp³-hybridized carbons (Fsp3) is 0.273. The molecule has 9 nitrogen and oxygen atoms in total. The van der Waals surface area contributed by atoms with Gasteiger partial charge in [0.15, 0.2) is 0 Å². The quantitative estimate of drug-likeness (QED) is 0.656. The SMILES string of the molecule is COc1cccc(NC(=O)CN(C)C(=O)CN2C(=O)N[C@@](C)(c3ccccc3)C2=O)c1. The van der Waals surface area contributed by atoms with Crippen LogP contribution in [0.1, 0.15) is 12.5 Å². The van der Waals surface area contributed by atoms with E-state index in [0.29, 0.717) is 17.0 Å². The lowest BCUT2D eigenvalue weighted by Crippen LogP contribution is -2.45. The molecule has 1 fully saturated rings. The van der Waals surface area contributed by atoms with E-state index in [1.165, 1.54) is 14.2 Å². The van der Waals surface area contributed by atoms with Gasteiger partial charge < -0.3 is 20.3 Å². The van der Waals surface area contributed by atoms with Crippen LogP contribution in [-0.2, 0) is 19.9 Å². The fourth-order valence-electron chi connectivity index (χ4n) is 3.27. The number of urea groups is 1. The van der Waals surface area contributed by atoms with E-state index in [1.807, 2.05) is 0 Å². The van der Waals surface area contributed by atoms with Crippen molar-refractivity contribution in [1.29, 1.82) is 0 Å². The number of rotatable bonds is 7. The van der Waals surface area contributed by atoms with Gasteiger partial charge in [0.25, 0.3) is 5.91 Å². The summed E-state index contributed by atoms with van der Waals surface area (Å²) in [6.45, 7) is 0.893. The van der Waals surface area contributed by atoms with E-state index in [9.17, 15) is 19.2 Å². The van der Waals surface area contributed by atoms with Gasteiger partial charge >= 0.3 is 6.03 Å². The number of likely N-dealkylation sites (N-methyl/N-ethyl adjacent to an activating group) is 1. The van der Waals surface area contributed by atoms with Crippen LogP contribution in [0.15, 0.2) is 54.6 Å². The number of carbonyl (C=O) groups excluding carboxylic acids is 4. The van der Waals surface area contributed by atoms with Gasteiger partial charge in [-0.2, -0.15) is 0 Å². The van der Waals surface area contributed by atoms with Crippen LogP contribution in [-0.4, -0.2) is 60.8 Å². The second-order valence-electron chi connectivity index (χ2n) is 7.34. The third-order valence-electron chi connectivity index (χ3n) is 5.08. The molecule has 0 aliphatic carbocycles. The molecule has 0 bridgehead atoms. The normalized spacial score (nSPS) is 17.8. The molecule has 1 heterocycles. The Kier molecular flexibility index (Phi) is 6.24. The number of ether oxygens (including phenoxy) is 1. The predicted octanol–water partition coefficient (Wildman–Crippen LogP) is 1.56. The zero-order valence-corrected chi connectivity index (χ0v) is 17.5. The van der Waals surface area contributed by atoms with Gasteiger partial charge in [-0.05, 0) is 24.6 Å². The molecule has 2 aromatic rings. The minimum atomic E-state index is -1.25. The van der Waals surface area contributed by atoms with E-state index in [1.54, 1.807) is 61.5 Å². The maximum absolute atomic E-state index is 12.9. The van der Waals surface area contributed by atoms with Crippen molar-refractivity contribution in [1.82, 2.24) is 15.1 Å². The Labute approximate surface area is 180 Å². The summed E-state index contributed by atoms with van der Waals surface area (Å²) in [7, 11) is 2.95. The van der Waals surface area contributed by atoms with Gasteiger partial charge in [-0.1, -0.05) is 36.4 Å². The minimum Gasteiger partial charge on any atom is -0.497 e.